The summed E-state index contributed by atoms with van der Waals surface area (Å²) in [4.78, 5) is 15.2. The summed E-state index contributed by atoms with van der Waals surface area (Å²) in [5.74, 6) is 0.883. The average molecular weight is 394 g/mol. The van der Waals surface area contributed by atoms with Gasteiger partial charge in [-0.3, -0.25) is 0 Å². The van der Waals surface area contributed by atoms with Gasteiger partial charge in [0.25, 0.3) is 0 Å². The van der Waals surface area contributed by atoms with Crippen molar-refractivity contribution in [1.29, 1.82) is 0 Å². The van der Waals surface area contributed by atoms with E-state index in [0.29, 0.717) is 6.04 Å². The van der Waals surface area contributed by atoms with E-state index in [2.05, 4.69) is 63.1 Å². The van der Waals surface area contributed by atoms with Crippen LogP contribution in [0.2, 0.25) is 0 Å². The summed E-state index contributed by atoms with van der Waals surface area (Å²) in [6.07, 6.45) is 8.04. The molecule has 1 fully saturated rings. The molecule has 5 rings (SSSR count). The number of hydrogen-bond acceptors (Lipinski definition) is 5. The molecule has 4 aromatic rings. The highest BCUT2D eigenvalue weighted by atomic mass is 32.2. The highest BCUT2D eigenvalue weighted by Crippen LogP contribution is 2.35. The number of nitrogens with one attached hydrogen (secondary N) is 1. The number of aromatic nitrogens is 4. The maximum absolute atomic E-state index is 5.67. The average Bonchev–Trinajstić information content (AvgIpc) is 3.35. The zero-order valence-corrected chi connectivity index (χ0v) is 16.9. The molecule has 6 nitrogen and oxygen atoms in total. The molecule has 1 aliphatic heterocycles. The molecule has 0 amide bonds. The first kappa shape index (κ1) is 17.6. The van der Waals surface area contributed by atoms with Crippen LogP contribution in [0.15, 0.2) is 42.9 Å². The highest BCUT2D eigenvalue weighted by molar-refractivity contribution is 7.97. The number of hydrogen-bond donors (Lipinski definition) is 1. The van der Waals surface area contributed by atoms with Crippen LogP contribution in [0.1, 0.15) is 6.92 Å². The van der Waals surface area contributed by atoms with Crippen molar-refractivity contribution in [2.24, 2.45) is 0 Å². The molecule has 1 aliphatic rings. The Labute approximate surface area is 167 Å². The lowest BCUT2D eigenvalue weighted by Crippen LogP contribution is -2.43. The van der Waals surface area contributed by atoms with E-state index in [1.807, 2.05) is 12.4 Å². The van der Waals surface area contributed by atoms with Crippen LogP contribution < -0.4 is 4.90 Å². The molecule has 0 radical (unpaired) electrons. The van der Waals surface area contributed by atoms with E-state index in [0.717, 1.165) is 53.6 Å². The number of H-pyrrole nitrogens is 1. The minimum atomic E-state index is 0.334. The van der Waals surface area contributed by atoms with Gasteiger partial charge in [-0.2, -0.15) is 0 Å². The molecule has 144 valence electrons. The molecule has 1 N–H and O–H groups in total. The Bertz CT molecular complexity index is 1130. The van der Waals surface area contributed by atoms with Gasteiger partial charge < -0.3 is 19.2 Å². The Morgan fingerprint density at radius 1 is 1.29 bits per heavy atom. The Balaban J connectivity index is 1.75. The van der Waals surface area contributed by atoms with Crippen molar-refractivity contribution < 1.29 is 4.74 Å². The predicted octanol–water partition coefficient (Wildman–Crippen LogP) is 4.13. The van der Waals surface area contributed by atoms with Crippen LogP contribution in [0.5, 0.6) is 0 Å². The third-order valence-electron chi connectivity index (χ3n) is 5.39. The van der Waals surface area contributed by atoms with Crippen LogP contribution in [0.25, 0.3) is 33.3 Å². The van der Waals surface area contributed by atoms with Crippen LogP contribution in [0.4, 0.5) is 5.69 Å². The Morgan fingerprint density at radius 3 is 3.07 bits per heavy atom. The second-order valence-electron chi connectivity index (χ2n) is 7.18. The van der Waals surface area contributed by atoms with Crippen LogP contribution in [-0.2, 0) is 10.6 Å². The molecule has 0 bridgehead atoms. The van der Waals surface area contributed by atoms with E-state index >= 15 is 0 Å². The smallest absolute Gasteiger partial charge is 0.143 e. The van der Waals surface area contributed by atoms with Gasteiger partial charge in [0.1, 0.15) is 11.3 Å². The molecule has 0 aromatic carbocycles. The SMILES string of the molecule is CSCn1ccc2c(N3CCOCC3C)cc(-c3ccnc4[nH]ccc34)nc21. The topological polar surface area (TPSA) is 59.0 Å². The first-order valence-electron chi connectivity index (χ1n) is 9.52. The first-order valence-corrected chi connectivity index (χ1v) is 10.9. The Morgan fingerprint density at radius 2 is 2.21 bits per heavy atom. The van der Waals surface area contributed by atoms with Gasteiger partial charge >= 0.3 is 0 Å². The number of fused-ring (bicyclic) bond motifs is 2. The first-order chi connectivity index (χ1) is 13.8. The van der Waals surface area contributed by atoms with E-state index in [1.165, 1.54) is 11.1 Å². The van der Waals surface area contributed by atoms with Crippen molar-refractivity contribution in [1.82, 2.24) is 19.5 Å². The third kappa shape index (κ3) is 2.86. The van der Waals surface area contributed by atoms with E-state index in [-0.39, 0.29) is 0 Å². The van der Waals surface area contributed by atoms with Crippen molar-refractivity contribution in [3.8, 4) is 11.3 Å². The normalized spacial score (nSPS) is 17.6. The molecule has 1 saturated heterocycles. The van der Waals surface area contributed by atoms with Gasteiger partial charge in [-0.15, -0.1) is 11.8 Å². The highest BCUT2D eigenvalue weighted by Gasteiger charge is 2.23. The van der Waals surface area contributed by atoms with Gasteiger partial charge in [0, 0.05) is 47.5 Å². The number of pyridine rings is 2. The van der Waals surface area contributed by atoms with Crippen LogP contribution >= 0.6 is 11.8 Å². The molecular weight excluding hydrogens is 370 g/mol. The number of morpholine rings is 1. The number of nitrogens with zero attached hydrogens (tertiary/aromatic N) is 4. The molecule has 4 aromatic heterocycles. The quantitative estimate of drug-likeness (QED) is 0.565. The largest absolute Gasteiger partial charge is 0.377 e. The summed E-state index contributed by atoms with van der Waals surface area (Å²) in [6.45, 7) is 4.62. The summed E-state index contributed by atoms with van der Waals surface area (Å²) in [7, 11) is 0. The van der Waals surface area contributed by atoms with Crippen molar-refractivity contribution in [3.05, 3.63) is 42.9 Å². The fourth-order valence-electron chi connectivity index (χ4n) is 4.03. The summed E-state index contributed by atoms with van der Waals surface area (Å²) in [5, 5.41) is 2.30. The molecule has 1 unspecified atom stereocenters. The molecule has 0 spiro atoms. The molecular formula is C21H23N5OS. The summed E-state index contributed by atoms with van der Waals surface area (Å²) in [6, 6.07) is 8.88. The number of ether oxygens (including phenoxy) is 1. The number of thioether (sulfide) groups is 1. The fraction of sp³-hybridized carbons (Fsp3) is 0.333. The second kappa shape index (κ2) is 7.14. The van der Waals surface area contributed by atoms with Gasteiger partial charge in [-0.25, -0.2) is 9.97 Å². The fourth-order valence-corrected chi connectivity index (χ4v) is 4.52. The van der Waals surface area contributed by atoms with Crippen LogP contribution in [0.3, 0.4) is 0 Å². The molecule has 5 heterocycles. The lowest BCUT2D eigenvalue weighted by atomic mass is 10.1. The van der Waals surface area contributed by atoms with Crippen molar-refractivity contribution in [2.45, 2.75) is 18.8 Å². The van der Waals surface area contributed by atoms with Gasteiger partial charge in [0.05, 0.1) is 30.5 Å². The van der Waals surface area contributed by atoms with Crippen molar-refractivity contribution >= 4 is 39.5 Å². The van der Waals surface area contributed by atoms with Gasteiger partial charge in [-0.05, 0) is 37.4 Å². The van der Waals surface area contributed by atoms with E-state index in [9.17, 15) is 0 Å². The third-order valence-corrected chi connectivity index (χ3v) is 5.93. The number of anilines is 1. The summed E-state index contributed by atoms with van der Waals surface area (Å²) >= 11 is 1.80. The Kier molecular flexibility index (Phi) is 4.49. The summed E-state index contributed by atoms with van der Waals surface area (Å²) in [5.41, 5.74) is 5.24. The van der Waals surface area contributed by atoms with E-state index in [1.54, 1.807) is 11.8 Å². The number of rotatable bonds is 4. The van der Waals surface area contributed by atoms with Gasteiger partial charge in [-0.1, -0.05) is 0 Å². The van der Waals surface area contributed by atoms with Crippen molar-refractivity contribution in [3.63, 3.8) is 0 Å². The van der Waals surface area contributed by atoms with Gasteiger partial charge in [0.2, 0.25) is 0 Å². The van der Waals surface area contributed by atoms with E-state index < -0.39 is 0 Å². The Hall–Kier alpha value is -2.51. The predicted molar refractivity (Wildman–Crippen MR) is 116 cm³/mol. The maximum Gasteiger partial charge on any atom is 0.143 e. The zero-order valence-electron chi connectivity index (χ0n) is 16.1. The van der Waals surface area contributed by atoms with Crippen LogP contribution in [-0.4, -0.2) is 51.6 Å². The minimum Gasteiger partial charge on any atom is -0.377 e. The zero-order chi connectivity index (χ0) is 19.1. The number of aromatic amines is 1. The van der Waals surface area contributed by atoms with Crippen molar-refractivity contribution in [2.75, 3.05) is 30.9 Å². The standard InChI is InChI=1S/C21H23N5OS/c1-14-12-27-10-9-26(14)19-11-18(15-3-6-22-20-16(15)4-7-23-20)24-21-17(19)5-8-25(21)13-28-2/h3-8,11,14H,9-10,12-13H2,1-2H3,(H,22,23). The lowest BCUT2D eigenvalue weighted by Gasteiger charge is -2.35. The molecule has 0 saturated carbocycles. The molecule has 28 heavy (non-hydrogen) atoms. The van der Waals surface area contributed by atoms with Crippen LogP contribution in [0, 0.1) is 0 Å². The maximum atomic E-state index is 5.67. The second-order valence-corrected chi connectivity index (χ2v) is 8.02. The molecule has 7 heteroatoms. The van der Waals surface area contributed by atoms with E-state index in [4.69, 9.17) is 9.72 Å². The van der Waals surface area contributed by atoms with Gasteiger partial charge in [0.15, 0.2) is 0 Å². The lowest BCUT2D eigenvalue weighted by molar-refractivity contribution is 0.0991. The minimum absolute atomic E-state index is 0.334. The monoisotopic (exact) mass is 393 g/mol. The molecule has 1 atom stereocenters. The summed E-state index contributed by atoms with van der Waals surface area (Å²) < 4.78 is 7.90. The molecule has 0 aliphatic carbocycles.